The molecule has 6 heteroatoms. The Kier molecular flexibility index (Phi) is 4.84. The molecule has 1 aliphatic rings. The molecule has 1 amide bonds. The summed E-state index contributed by atoms with van der Waals surface area (Å²) in [4.78, 5) is 15.6. The van der Waals surface area contributed by atoms with Crippen molar-refractivity contribution in [3.63, 3.8) is 0 Å². The predicted molar refractivity (Wildman–Crippen MR) is 101 cm³/mol. The molecule has 134 valence electrons. The lowest BCUT2D eigenvalue weighted by molar-refractivity contribution is 0.0684. The third-order valence-electron chi connectivity index (χ3n) is 4.90. The summed E-state index contributed by atoms with van der Waals surface area (Å²) in [5.41, 5.74) is 2.38. The number of nitrogens with zero attached hydrogens (tertiary/aromatic N) is 2. The summed E-state index contributed by atoms with van der Waals surface area (Å²) in [5.74, 6) is 0.283. The summed E-state index contributed by atoms with van der Waals surface area (Å²) in [6.07, 6.45) is 2.74. The molecular weight excluding hydrogens is 349 g/mol. The lowest BCUT2D eigenvalue weighted by Crippen LogP contribution is -2.39. The van der Waals surface area contributed by atoms with E-state index in [1.807, 2.05) is 34.5 Å². The monoisotopic (exact) mass is 369 g/mol. The molecule has 1 N–H and O–H groups in total. The molecule has 26 heavy (non-hydrogen) atoms. The first-order chi connectivity index (χ1) is 12.7. The van der Waals surface area contributed by atoms with Crippen LogP contribution < -0.4 is 0 Å². The van der Waals surface area contributed by atoms with Crippen molar-refractivity contribution in [2.75, 3.05) is 13.1 Å². The highest BCUT2D eigenvalue weighted by molar-refractivity contribution is 7.13. The van der Waals surface area contributed by atoms with Gasteiger partial charge in [-0.3, -0.25) is 9.89 Å². The Morgan fingerprint density at radius 3 is 2.81 bits per heavy atom. The number of carbonyl (C=O) groups is 1. The van der Waals surface area contributed by atoms with E-state index in [1.165, 1.54) is 6.07 Å². The lowest BCUT2D eigenvalue weighted by Gasteiger charge is -2.31. The minimum absolute atomic E-state index is 0.0201. The Labute approximate surface area is 155 Å². The normalized spacial score (nSPS) is 15.3. The molecular formula is C20H20FN3OS. The van der Waals surface area contributed by atoms with Crippen molar-refractivity contribution in [3.05, 3.63) is 64.9 Å². The van der Waals surface area contributed by atoms with E-state index in [0.29, 0.717) is 11.6 Å². The fourth-order valence-corrected chi connectivity index (χ4v) is 4.18. The molecule has 1 aliphatic heterocycles. The van der Waals surface area contributed by atoms with Crippen molar-refractivity contribution in [2.24, 2.45) is 5.92 Å². The molecule has 4 nitrogen and oxygen atoms in total. The predicted octanol–water partition coefficient (Wildman–Crippen LogP) is 4.37. The van der Waals surface area contributed by atoms with E-state index < -0.39 is 0 Å². The maximum atomic E-state index is 13.3. The van der Waals surface area contributed by atoms with Crippen LogP contribution in [0, 0.1) is 11.7 Å². The molecule has 1 saturated heterocycles. The summed E-state index contributed by atoms with van der Waals surface area (Å²) in [6, 6.07) is 12.6. The van der Waals surface area contributed by atoms with Gasteiger partial charge in [-0.1, -0.05) is 18.2 Å². The highest BCUT2D eigenvalue weighted by Gasteiger charge is 2.25. The zero-order valence-electron chi connectivity index (χ0n) is 14.3. The molecule has 4 rings (SSSR count). The minimum atomic E-state index is -0.185. The zero-order valence-corrected chi connectivity index (χ0v) is 15.1. The largest absolute Gasteiger partial charge is 0.337 e. The van der Waals surface area contributed by atoms with Crippen molar-refractivity contribution in [1.82, 2.24) is 15.1 Å². The standard InChI is InChI=1S/C20H20FN3OS/c21-16-4-1-3-15(12-16)11-14-6-8-24(9-7-14)20(25)18-13-17(22-23-18)19-5-2-10-26-19/h1-5,10,12-14H,6-9,11H2,(H,22,23). The maximum Gasteiger partial charge on any atom is 0.274 e. The van der Waals surface area contributed by atoms with Crippen LogP contribution in [0.3, 0.4) is 0 Å². The van der Waals surface area contributed by atoms with Gasteiger partial charge in [-0.25, -0.2) is 4.39 Å². The van der Waals surface area contributed by atoms with E-state index in [4.69, 9.17) is 0 Å². The number of aromatic amines is 1. The molecule has 0 bridgehead atoms. The average Bonchev–Trinajstić information content (AvgIpc) is 3.33. The number of aromatic nitrogens is 2. The van der Waals surface area contributed by atoms with Crippen molar-refractivity contribution >= 4 is 17.2 Å². The van der Waals surface area contributed by atoms with Crippen molar-refractivity contribution in [1.29, 1.82) is 0 Å². The van der Waals surface area contributed by atoms with Gasteiger partial charge >= 0.3 is 0 Å². The Morgan fingerprint density at radius 2 is 2.08 bits per heavy atom. The van der Waals surface area contributed by atoms with Crippen molar-refractivity contribution < 1.29 is 9.18 Å². The van der Waals surface area contributed by atoms with Crippen LogP contribution in [0.2, 0.25) is 0 Å². The van der Waals surface area contributed by atoms with Crippen LogP contribution in [0.4, 0.5) is 4.39 Å². The van der Waals surface area contributed by atoms with Gasteiger partial charge in [-0.2, -0.15) is 5.10 Å². The van der Waals surface area contributed by atoms with Crippen LogP contribution in [-0.4, -0.2) is 34.1 Å². The van der Waals surface area contributed by atoms with Gasteiger partial charge in [0.25, 0.3) is 5.91 Å². The molecule has 1 aromatic carbocycles. The molecule has 0 radical (unpaired) electrons. The first-order valence-electron chi connectivity index (χ1n) is 8.82. The Balaban J connectivity index is 1.35. The molecule has 3 heterocycles. The summed E-state index contributed by atoms with van der Waals surface area (Å²) in [6.45, 7) is 1.44. The summed E-state index contributed by atoms with van der Waals surface area (Å²) >= 11 is 1.62. The highest BCUT2D eigenvalue weighted by Crippen LogP contribution is 2.25. The number of benzene rings is 1. The van der Waals surface area contributed by atoms with E-state index in [9.17, 15) is 9.18 Å². The second kappa shape index (κ2) is 7.41. The molecule has 0 atom stereocenters. The van der Waals surface area contributed by atoms with Crippen LogP contribution in [-0.2, 0) is 6.42 Å². The average molecular weight is 369 g/mol. The molecule has 3 aromatic rings. The third kappa shape index (κ3) is 3.70. The number of halogens is 1. The van der Waals surface area contributed by atoms with E-state index >= 15 is 0 Å². The highest BCUT2D eigenvalue weighted by atomic mass is 32.1. The second-order valence-electron chi connectivity index (χ2n) is 6.71. The van der Waals surface area contributed by atoms with Crippen LogP contribution in [0.15, 0.2) is 47.8 Å². The number of nitrogens with one attached hydrogen (secondary N) is 1. The quantitative estimate of drug-likeness (QED) is 0.742. The maximum absolute atomic E-state index is 13.3. The van der Waals surface area contributed by atoms with Crippen LogP contribution >= 0.6 is 11.3 Å². The Hall–Kier alpha value is -2.47. The van der Waals surface area contributed by atoms with Gasteiger partial charge in [-0.15, -0.1) is 11.3 Å². The number of amides is 1. The Bertz CT molecular complexity index is 882. The Morgan fingerprint density at radius 1 is 1.23 bits per heavy atom. The lowest BCUT2D eigenvalue weighted by atomic mass is 9.90. The number of thiophene rings is 1. The zero-order chi connectivity index (χ0) is 17.9. The number of H-pyrrole nitrogens is 1. The van der Waals surface area contributed by atoms with Gasteiger partial charge in [0.1, 0.15) is 5.82 Å². The molecule has 1 fully saturated rings. The van der Waals surface area contributed by atoms with E-state index in [2.05, 4.69) is 10.2 Å². The van der Waals surface area contributed by atoms with Crippen molar-refractivity contribution in [3.8, 4) is 10.6 Å². The van der Waals surface area contributed by atoms with Gasteiger partial charge in [0, 0.05) is 13.1 Å². The van der Waals surface area contributed by atoms with Gasteiger partial charge in [0.2, 0.25) is 0 Å². The van der Waals surface area contributed by atoms with Crippen LogP contribution in [0.1, 0.15) is 28.9 Å². The van der Waals surface area contributed by atoms with E-state index in [-0.39, 0.29) is 11.7 Å². The third-order valence-corrected chi connectivity index (χ3v) is 5.80. The molecule has 0 spiro atoms. The summed E-state index contributed by atoms with van der Waals surface area (Å²) < 4.78 is 13.3. The first kappa shape index (κ1) is 17.0. The summed E-state index contributed by atoms with van der Waals surface area (Å²) in [5, 5.41) is 9.15. The number of rotatable bonds is 4. The van der Waals surface area contributed by atoms with Gasteiger partial charge in [0.05, 0.1) is 10.6 Å². The molecule has 0 aliphatic carbocycles. The molecule has 0 saturated carbocycles. The fourth-order valence-electron chi connectivity index (χ4n) is 3.49. The topological polar surface area (TPSA) is 49.0 Å². The van der Waals surface area contributed by atoms with Crippen molar-refractivity contribution in [2.45, 2.75) is 19.3 Å². The SMILES string of the molecule is O=C(c1cc(-c2cccs2)[nH]n1)N1CCC(Cc2cccc(F)c2)CC1. The molecule has 0 unspecified atom stereocenters. The van der Waals surface area contributed by atoms with Gasteiger partial charge in [-0.05, 0) is 60.4 Å². The smallest absolute Gasteiger partial charge is 0.274 e. The van der Waals surface area contributed by atoms with Crippen LogP contribution in [0.25, 0.3) is 10.6 Å². The number of hydrogen-bond donors (Lipinski definition) is 1. The number of hydrogen-bond acceptors (Lipinski definition) is 3. The number of likely N-dealkylation sites (tertiary alicyclic amines) is 1. The minimum Gasteiger partial charge on any atom is -0.337 e. The second-order valence-corrected chi connectivity index (χ2v) is 7.66. The van der Waals surface area contributed by atoms with Crippen LogP contribution in [0.5, 0.6) is 0 Å². The van der Waals surface area contributed by atoms with Gasteiger partial charge in [0.15, 0.2) is 5.69 Å². The fraction of sp³-hybridized carbons (Fsp3) is 0.300. The number of piperidine rings is 1. The first-order valence-corrected chi connectivity index (χ1v) is 9.70. The number of carbonyl (C=O) groups excluding carboxylic acids is 1. The summed E-state index contributed by atoms with van der Waals surface area (Å²) in [7, 11) is 0. The van der Waals surface area contributed by atoms with E-state index in [0.717, 1.165) is 48.5 Å². The molecule has 2 aromatic heterocycles. The van der Waals surface area contributed by atoms with Gasteiger partial charge < -0.3 is 4.90 Å². The van der Waals surface area contributed by atoms with E-state index in [1.54, 1.807) is 23.5 Å².